The number of sulfonamides is 1. The van der Waals surface area contributed by atoms with Gasteiger partial charge in [-0.25, -0.2) is 17.2 Å². The van der Waals surface area contributed by atoms with Crippen molar-refractivity contribution in [1.82, 2.24) is 4.31 Å². The van der Waals surface area contributed by atoms with Gasteiger partial charge in [-0.1, -0.05) is 0 Å². The van der Waals surface area contributed by atoms with E-state index in [1.54, 1.807) is 6.92 Å². The van der Waals surface area contributed by atoms with E-state index in [4.69, 9.17) is 5.73 Å². The quantitative estimate of drug-likeness (QED) is 0.901. The zero-order valence-electron chi connectivity index (χ0n) is 10.4. The molecule has 0 amide bonds. The Kier molecular flexibility index (Phi) is 4.41. The maximum absolute atomic E-state index is 13.6. The van der Waals surface area contributed by atoms with Crippen LogP contribution in [-0.4, -0.2) is 32.4 Å². The van der Waals surface area contributed by atoms with Crippen LogP contribution in [-0.2, 0) is 10.0 Å². The van der Waals surface area contributed by atoms with Crippen LogP contribution in [0.3, 0.4) is 0 Å². The molecule has 0 saturated heterocycles. The highest BCUT2D eigenvalue weighted by Gasteiger charge is 2.28. The third-order valence-corrected chi connectivity index (χ3v) is 4.82. The molecule has 0 fully saturated rings. The number of nitrogens with two attached hydrogens (primary N) is 1. The molecule has 1 atom stereocenters. The molecule has 4 nitrogen and oxygen atoms in total. The lowest BCUT2D eigenvalue weighted by atomic mass is 10.2. The number of halogens is 2. The maximum Gasteiger partial charge on any atom is 0.246 e. The van der Waals surface area contributed by atoms with Crippen LogP contribution < -0.4 is 5.73 Å². The van der Waals surface area contributed by atoms with E-state index in [-0.39, 0.29) is 12.1 Å². The Morgan fingerprint density at radius 2 is 1.89 bits per heavy atom. The molecule has 1 rings (SSSR count). The van der Waals surface area contributed by atoms with Crippen molar-refractivity contribution >= 4 is 10.0 Å². The minimum absolute atomic E-state index is 0.0729. The first-order chi connectivity index (χ1) is 8.21. The number of aryl methyl sites for hydroxylation is 1. The summed E-state index contributed by atoms with van der Waals surface area (Å²) >= 11 is 0. The third kappa shape index (κ3) is 2.68. The molecule has 0 aliphatic heterocycles. The summed E-state index contributed by atoms with van der Waals surface area (Å²) in [6, 6.07) is 1.09. The van der Waals surface area contributed by atoms with E-state index in [9.17, 15) is 17.2 Å². The van der Waals surface area contributed by atoms with Crippen LogP contribution in [0.2, 0.25) is 0 Å². The van der Waals surface area contributed by atoms with Crippen molar-refractivity contribution in [2.45, 2.75) is 24.8 Å². The van der Waals surface area contributed by atoms with Crippen molar-refractivity contribution < 1.29 is 17.2 Å². The molecular formula is C11H16F2N2O2S. The average molecular weight is 278 g/mol. The predicted molar refractivity (Wildman–Crippen MR) is 64.6 cm³/mol. The standard InChI is InChI=1S/C11H16F2N2O2S/c1-7-4-11(10(13)5-9(7)12)18(16,17)15(3)8(2)6-14/h4-5,8H,6,14H2,1-3H3. The molecular weight excluding hydrogens is 262 g/mol. The van der Waals surface area contributed by atoms with Crippen LogP contribution in [0.5, 0.6) is 0 Å². The van der Waals surface area contributed by atoms with Crippen molar-refractivity contribution in [1.29, 1.82) is 0 Å². The van der Waals surface area contributed by atoms with Crippen LogP contribution in [0.1, 0.15) is 12.5 Å². The highest BCUT2D eigenvalue weighted by molar-refractivity contribution is 7.89. The largest absolute Gasteiger partial charge is 0.329 e. The van der Waals surface area contributed by atoms with Gasteiger partial charge in [-0.2, -0.15) is 4.31 Å². The Hall–Kier alpha value is -1.05. The lowest BCUT2D eigenvalue weighted by Gasteiger charge is -2.23. The van der Waals surface area contributed by atoms with E-state index in [1.807, 2.05) is 0 Å². The molecule has 18 heavy (non-hydrogen) atoms. The number of nitrogens with zero attached hydrogens (tertiary/aromatic N) is 1. The third-order valence-electron chi connectivity index (χ3n) is 2.83. The van der Waals surface area contributed by atoms with E-state index in [2.05, 4.69) is 0 Å². The fourth-order valence-corrected chi connectivity index (χ4v) is 2.87. The number of rotatable bonds is 4. The fraction of sp³-hybridized carbons (Fsp3) is 0.455. The van der Waals surface area contributed by atoms with Crippen molar-refractivity contribution in [2.75, 3.05) is 13.6 Å². The molecule has 0 aliphatic carbocycles. The first-order valence-corrected chi connectivity index (χ1v) is 6.79. The summed E-state index contributed by atoms with van der Waals surface area (Å²) in [5.41, 5.74) is 5.45. The topological polar surface area (TPSA) is 63.4 Å². The molecule has 0 spiro atoms. The predicted octanol–water partition coefficient (Wildman–Crippen LogP) is 1.24. The van der Waals surface area contributed by atoms with Crippen LogP contribution in [0.15, 0.2) is 17.0 Å². The Morgan fingerprint density at radius 3 is 2.39 bits per heavy atom. The Bertz CT molecular complexity index is 546. The highest BCUT2D eigenvalue weighted by atomic mass is 32.2. The average Bonchev–Trinajstić information content (AvgIpc) is 2.31. The highest BCUT2D eigenvalue weighted by Crippen LogP contribution is 2.22. The van der Waals surface area contributed by atoms with Gasteiger partial charge in [0.2, 0.25) is 10.0 Å². The van der Waals surface area contributed by atoms with Gasteiger partial charge in [0.25, 0.3) is 0 Å². The molecule has 102 valence electrons. The second kappa shape index (κ2) is 5.29. The van der Waals surface area contributed by atoms with Gasteiger partial charge in [-0.15, -0.1) is 0 Å². The molecule has 0 saturated carbocycles. The number of hydrogen-bond donors (Lipinski definition) is 1. The lowest BCUT2D eigenvalue weighted by Crippen LogP contribution is -2.40. The Labute approximate surface area is 105 Å². The van der Waals surface area contributed by atoms with E-state index < -0.39 is 32.6 Å². The second-order valence-corrected chi connectivity index (χ2v) is 6.10. The van der Waals surface area contributed by atoms with Gasteiger partial charge in [0.05, 0.1) is 0 Å². The summed E-state index contributed by atoms with van der Waals surface area (Å²) in [7, 11) is -2.70. The normalized spacial score (nSPS) is 13.9. The number of benzene rings is 1. The minimum atomic E-state index is -4.01. The molecule has 0 radical (unpaired) electrons. The fourth-order valence-electron chi connectivity index (χ4n) is 1.37. The van der Waals surface area contributed by atoms with Crippen molar-refractivity contribution in [3.8, 4) is 0 Å². The molecule has 7 heteroatoms. The molecule has 0 aromatic heterocycles. The van der Waals surface area contributed by atoms with Gasteiger partial charge in [0, 0.05) is 25.7 Å². The summed E-state index contributed by atoms with van der Waals surface area (Å²) in [4.78, 5) is -0.538. The van der Waals surface area contributed by atoms with Gasteiger partial charge in [0.1, 0.15) is 16.5 Å². The SMILES string of the molecule is Cc1cc(S(=O)(=O)N(C)C(C)CN)c(F)cc1F. The molecule has 0 bridgehead atoms. The number of hydrogen-bond acceptors (Lipinski definition) is 3. The molecule has 0 aliphatic rings. The monoisotopic (exact) mass is 278 g/mol. The zero-order valence-corrected chi connectivity index (χ0v) is 11.3. The summed E-state index contributed by atoms with van der Waals surface area (Å²) in [5.74, 6) is -1.88. The Balaban J connectivity index is 3.33. The van der Waals surface area contributed by atoms with Gasteiger partial charge in [-0.05, 0) is 25.5 Å². The van der Waals surface area contributed by atoms with Gasteiger partial charge < -0.3 is 5.73 Å². The molecule has 0 heterocycles. The van der Waals surface area contributed by atoms with Gasteiger partial charge in [0.15, 0.2) is 0 Å². The maximum atomic E-state index is 13.6. The Morgan fingerprint density at radius 1 is 1.33 bits per heavy atom. The van der Waals surface area contributed by atoms with Crippen molar-refractivity contribution in [3.05, 3.63) is 29.3 Å². The summed E-state index contributed by atoms with van der Waals surface area (Å²) in [6.45, 7) is 3.09. The summed E-state index contributed by atoms with van der Waals surface area (Å²) in [5, 5.41) is 0. The lowest BCUT2D eigenvalue weighted by molar-refractivity contribution is 0.391. The van der Waals surface area contributed by atoms with Crippen LogP contribution in [0.4, 0.5) is 8.78 Å². The minimum Gasteiger partial charge on any atom is -0.329 e. The smallest absolute Gasteiger partial charge is 0.246 e. The molecule has 1 aromatic rings. The zero-order chi connectivity index (χ0) is 14.1. The van der Waals surface area contributed by atoms with Crippen LogP contribution in [0, 0.1) is 18.6 Å². The first kappa shape index (κ1) is 15.0. The first-order valence-electron chi connectivity index (χ1n) is 5.35. The summed E-state index contributed by atoms with van der Waals surface area (Å²) < 4.78 is 51.9. The number of likely N-dealkylation sites (N-methyl/N-ethyl adjacent to an activating group) is 1. The van der Waals surface area contributed by atoms with E-state index >= 15 is 0 Å². The molecule has 2 N–H and O–H groups in total. The molecule has 1 aromatic carbocycles. The van der Waals surface area contributed by atoms with E-state index in [0.717, 1.165) is 10.4 Å². The second-order valence-electron chi connectivity index (χ2n) is 4.14. The summed E-state index contributed by atoms with van der Waals surface area (Å²) in [6.07, 6.45) is 0. The van der Waals surface area contributed by atoms with Gasteiger partial charge >= 0.3 is 0 Å². The van der Waals surface area contributed by atoms with Crippen LogP contribution in [0.25, 0.3) is 0 Å². The van der Waals surface area contributed by atoms with Crippen molar-refractivity contribution in [3.63, 3.8) is 0 Å². The van der Waals surface area contributed by atoms with E-state index in [0.29, 0.717) is 6.07 Å². The molecule has 1 unspecified atom stereocenters. The van der Waals surface area contributed by atoms with E-state index in [1.165, 1.54) is 14.0 Å². The van der Waals surface area contributed by atoms with Crippen molar-refractivity contribution in [2.24, 2.45) is 5.73 Å². The van der Waals surface area contributed by atoms with Crippen LogP contribution >= 0.6 is 0 Å². The van der Waals surface area contributed by atoms with Gasteiger partial charge in [-0.3, -0.25) is 0 Å².